The first-order valence-corrected chi connectivity index (χ1v) is 5.39. The third-order valence-corrected chi connectivity index (χ3v) is 2.80. The van der Waals surface area contributed by atoms with E-state index in [0.29, 0.717) is 12.5 Å². The number of hydrogen-bond acceptors (Lipinski definition) is 4. The summed E-state index contributed by atoms with van der Waals surface area (Å²) in [5.41, 5.74) is 0.275. The topological polar surface area (TPSA) is 51.0 Å². The molecule has 86 valence electrons. The average molecular weight is 211 g/mol. The second-order valence-electron chi connectivity index (χ2n) is 5.11. The van der Waals surface area contributed by atoms with Crippen LogP contribution in [0.25, 0.3) is 0 Å². The van der Waals surface area contributed by atoms with Gasteiger partial charge in [-0.15, -0.1) is 0 Å². The molecule has 0 bridgehead atoms. The minimum atomic E-state index is 0.275. The van der Waals surface area contributed by atoms with Gasteiger partial charge in [-0.05, 0) is 18.4 Å². The van der Waals surface area contributed by atoms with E-state index in [9.17, 15) is 0 Å². The molecule has 15 heavy (non-hydrogen) atoms. The first-order chi connectivity index (χ1) is 6.93. The molecule has 1 rings (SSSR count). The van der Waals surface area contributed by atoms with E-state index in [0.717, 1.165) is 18.1 Å². The second-order valence-corrected chi connectivity index (χ2v) is 5.11. The van der Waals surface area contributed by atoms with Crippen LogP contribution in [0.2, 0.25) is 0 Å². The summed E-state index contributed by atoms with van der Waals surface area (Å²) in [5.74, 6) is 2.00. The molecule has 0 radical (unpaired) electrons. The summed E-state index contributed by atoms with van der Waals surface area (Å²) in [6.45, 7) is 9.54. The molecule has 4 heteroatoms. The van der Waals surface area contributed by atoms with Gasteiger partial charge in [0, 0.05) is 6.42 Å². The zero-order valence-electron chi connectivity index (χ0n) is 10.3. The lowest BCUT2D eigenvalue weighted by molar-refractivity contribution is 0.236. The fourth-order valence-electron chi connectivity index (χ4n) is 1.17. The van der Waals surface area contributed by atoms with Crippen LogP contribution in [0, 0.1) is 11.3 Å². The highest BCUT2D eigenvalue weighted by Crippen LogP contribution is 2.27. The molecule has 1 N–H and O–H groups in total. The van der Waals surface area contributed by atoms with Crippen LogP contribution in [0.5, 0.6) is 0 Å². The molecule has 1 heterocycles. The summed E-state index contributed by atoms with van der Waals surface area (Å²) in [4.78, 5) is 4.31. The second kappa shape index (κ2) is 4.75. The van der Waals surface area contributed by atoms with Crippen molar-refractivity contribution in [3.63, 3.8) is 0 Å². The van der Waals surface area contributed by atoms with Crippen molar-refractivity contribution in [3.05, 3.63) is 11.7 Å². The molecule has 0 saturated heterocycles. The minimum absolute atomic E-state index is 0.275. The molecule has 0 aliphatic carbocycles. The van der Waals surface area contributed by atoms with Gasteiger partial charge < -0.3 is 9.84 Å². The van der Waals surface area contributed by atoms with Gasteiger partial charge in [0.2, 0.25) is 5.89 Å². The van der Waals surface area contributed by atoms with E-state index in [1.807, 2.05) is 7.05 Å². The van der Waals surface area contributed by atoms with Crippen LogP contribution in [0.3, 0.4) is 0 Å². The molecule has 1 atom stereocenters. The number of nitrogens with one attached hydrogen (secondary N) is 1. The molecule has 0 spiro atoms. The molecular weight excluding hydrogens is 190 g/mol. The Hall–Kier alpha value is -0.900. The van der Waals surface area contributed by atoms with Gasteiger partial charge in [0.25, 0.3) is 0 Å². The van der Waals surface area contributed by atoms with E-state index in [1.54, 1.807) is 0 Å². The summed E-state index contributed by atoms with van der Waals surface area (Å²) in [6.07, 6.45) is 0.847. The lowest BCUT2D eigenvalue weighted by atomic mass is 9.80. The van der Waals surface area contributed by atoms with Gasteiger partial charge in [0.1, 0.15) is 0 Å². The van der Waals surface area contributed by atoms with E-state index in [2.05, 4.69) is 43.2 Å². The Kier molecular flexibility index (Phi) is 3.85. The molecule has 0 fully saturated rings. The summed E-state index contributed by atoms with van der Waals surface area (Å²) < 4.78 is 5.18. The predicted octanol–water partition coefficient (Wildman–Crippen LogP) is 2.01. The molecule has 1 unspecified atom stereocenters. The Balaban J connectivity index is 2.57. The van der Waals surface area contributed by atoms with Crippen molar-refractivity contribution in [1.29, 1.82) is 0 Å². The predicted molar refractivity (Wildman–Crippen MR) is 59.4 cm³/mol. The molecule has 1 aromatic heterocycles. The third-order valence-electron chi connectivity index (χ3n) is 2.80. The van der Waals surface area contributed by atoms with Crippen molar-refractivity contribution >= 4 is 0 Å². The average Bonchev–Trinajstić information content (AvgIpc) is 2.51. The van der Waals surface area contributed by atoms with Crippen LogP contribution < -0.4 is 5.32 Å². The monoisotopic (exact) mass is 211 g/mol. The molecular formula is C11H21N3O. The summed E-state index contributed by atoms with van der Waals surface area (Å²) in [7, 11) is 1.87. The highest BCUT2D eigenvalue weighted by molar-refractivity contribution is 4.88. The van der Waals surface area contributed by atoms with E-state index >= 15 is 0 Å². The Labute approximate surface area is 91.5 Å². The van der Waals surface area contributed by atoms with Crippen molar-refractivity contribution in [2.24, 2.45) is 11.3 Å². The van der Waals surface area contributed by atoms with E-state index in [4.69, 9.17) is 4.52 Å². The van der Waals surface area contributed by atoms with Gasteiger partial charge in [-0.2, -0.15) is 4.98 Å². The van der Waals surface area contributed by atoms with Crippen LogP contribution in [0.4, 0.5) is 0 Å². The third kappa shape index (κ3) is 3.63. The Morgan fingerprint density at radius 2 is 2.07 bits per heavy atom. The van der Waals surface area contributed by atoms with Gasteiger partial charge >= 0.3 is 0 Å². The smallest absolute Gasteiger partial charge is 0.226 e. The Morgan fingerprint density at radius 1 is 1.40 bits per heavy atom. The lowest BCUT2D eigenvalue weighted by Crippen LogP contribution is -2.19. The number of aromatic nitrogens is 2. The maximum Gasteiger partial charge on any atom is 0.226 e. The van der Waals surface area contributed by atoms with Crippen LogP contribution in [-0.2, 0) is 13.0 Å². The zero-order chi connectivity index (χ0) is 11.5. The SMILES string of the molecule is CNCc1noc(CC(C)C(C)(C)C)n1. The Morgan fingerprint density at radius 3 is 2.60 bits per heavy atom. The zero-order valence-corrected chi connectivity index (χ0v) is 10.3. The maximum atomic E-state index is 5.18. The van der Waals surface area contributed by atoms with Gasteiger partial charge in [-0.1, -0.05) is 32.9 Å². The molecule has 0 aliphatic rings. The van der Waals surface area contributed by atoms with E-state index in [1.165, 1.54) is 0 Å². The first kappa shape index (κ1) is 12.2. The van der Waals surface area contributed by atoms with Crippen LogP contribution >= 0.6 is 0 Å². The quantitative estimate of drug-likeness (QED) is 0.827. The van der Waals surface area contributed by atoms with Crippen molar-refractivity contribution in [1.82, 2.24) is 15.5 Å². The van der Waals surface area contributed by atoms with Crippen LogP contribution in [0.15, 0.2) is 4.52 Å². The summed E-state index contributed by atoms with van der Waals surface area (Å²) >= 11 is 0. The normalized spacial score (nSPS) is 14.2. The molecule has 0 aromatic carbocycles. The molecule has 4 nitrogen and oxygen atoms in total. The highest BCUT2D eigenvalue weighted by atomic mass is 16.5. The van der Waals surface area contributed by atoms with Crippen molar-refractivity contribution < 1.29 is 4.52 Å². The molecule has 1 aromatic rings. The maximum absolute atomic E-state index is 5.18. The van der Waals surface area contributed by atoms with Crippen LogP contribution in [-0.4, -0.2) is 17.2 Å². The summed E-state index contributed by atoms with van der Waals surface area (Å²) in [5, 5.41) is 6.89. The number of nitrogens with zero attached hydrogens (tertiary/aromatic N) is 2. The van der Waals surface area contributed by atoms with E-state index in [-0.39, 0.29) is 5.41 Å². The lowest BCUT2D eigenvalue weighted by Gasteiger charge is -2.25. The highest BCUT2D eigenvalue weighted by Gasteiger charge is 2.22. The minimum Gasteiger partial charge on any atom is -0.339 e. The van der Waals surface area contributed by atoms with E-state index < -0.39 is 0 Å². The van der Waals surface area contributed by atoms with Gasteiger partial charge in [-0.3, -0.25) is 0 Å². The number of hydrogen-bond donors (Lipinski definition) is 1. The molecule has 0 saturated carbocycles. The number of rotatable bonds is 4. The largest absolute Gasteiger partial charge is 0.339 e. The fourth-order valence-corrected chi connectivity index (χ4v) is 1.17. The first-order valence-electron chi connectivity index (χ1n) is 5.39. The van der Waals surface area contributed by atoms with Gasteiger partial charge in [-0.25, -0.2) is 0 Å². The van der Waals surface area contributed by atoms with Crippen LogP contribution in [0.1, 0.15) is 39.4 Å². The standard InChI is InChI=1S/C11H21N3O/c1-8(11(2,3)4)6-10-13-9(7-12-5)14-15-10/h8,12H,6-7H2,1-5H3. The van der Waals surface area contributed by atoms with Gasteiger partial charge in [0.15, 0.2) is 5.82 Å². The molecule has 0 amide bonds. The fraction of sp³-hybridized carbons (Fsp3) is 0.818. The summed E-state index contributed by atoms with van der Waals surface area (Å²) in [6, 6.07) is 0. The molecule has 0 aliphatic heterocycles. The van der Waals surface area contributed by atoms with Gasteiger partial charge in [0.05, 0.1) is 6.54 Å². The van der Waals surface area contributed by atoms with Crippen molar-refractivity contribution in [2.45, 2.75) is 40.7 Å². The Bertz CT molecular complexity index is 301. The van der Waals surface area contributed by atoms with Crippen molar-refractivity contribution in [2.75, 3.05) is 7.05 Å². The van der Waals surface area contributed by atoms with Crippen molar-refractivity contribution in [3.8, 4) is 0 Å².